The lowest BCUT2D eigenvalue weighted by Crippen LogP contribution is -2.15. The molecule has 3 aromatic rings. The van der Waals surface area contributed by atoms with Crippen LogP contribution < -0.4 is 9.47 Å². The van der Waals surface area contributed by atoms with E-state index in [9.17, 15) is 0 Å². The number of ether oxygens (including phenoxy) is 2. The first kappa shape index (κ1) is 15.7. The van der Waals surface area contributed by atoms with Crippen molar-refractivity contribution >= 4 is 34.7 Å². The minimum absolute atomic E-state index is 0.526. The molecule has 3 heterocycles. The number of fused-ring (bicyclic) bond motifs is 1. The number of aromatic nitrogens is 4. The summed E-state index contributed by atoms with van der Waals surface area (Å²) < 4.78 is 13.0. The van der Waals surface area contributed by atoms with Gasteiger partial charge in [0, 0.05) is 10.6 Å². The molecule has 6 nitrogen and oxygen atoms in total. The molecule has 1 aromatic carbocycles. The SMILES string of the molecule is Clc1cc(CSc2nnnn2Cc2cccs2)cc2c1OCCO2. The number of halogens is 1. The Kier molecular flexibility index (Phi) is 4.59. The van der Waals surface area contributed by atoms with E-state index in [2.05, 4.69) is 21.6 Å². The molecule has 2 aromatic heterocycles. The lowest BCUT2D eigenvalue weighted by Gasteiger charge is -2.20. The topological polar surface area (TPSA) is 62.1 Å². The minimum Gasteiger partial charge on any atom is -0.486 e. The average molecular weight is 381 g/mol. The van der Waals surface area contributed by atoms with Gasteiger partial charge in [0.25, 0.3) is 0 Å². The molecule has 0 radical (unpaired) electrons. The number of tetrazole rings is 1. The molecule has 0 atom stereocenters. The number of benzene rings is 1. The Labute approximate surface area is 151 Å². The summed E-state index contributed by atoms with van der Waals surface area (Å²) in [6.07, 6.45) is 0. The highest BCUT2D eigenvalue weighted by molar-refractivity contribution is 7.98. The third-order valence-electron chi connectivity index (χ3n) is 3.41. The molecule has 0 amide bonds. The molecule has 4 rings (SSSR count). The van der Waals surface area contributed by atoms with E-state index in [1.807, 2.05) is 23.6 Å². The van der Waals surface area contributed by atoms with Crippen molar-refractivity contribution in [2.75, 3.05) is 13.2 Å². The van der Waals surface area contributed by atoms with E-state index in [0.29, 0.717) is 42.0 Å². The Hall–Kier alpha value is -1.77. The summed E-state index contributed by atoms with van der Waals surface area (Å²) >= 11 is 9.53. The molecular formula is C15H13ClN4O2S2. The van der Waals surface area contributed by atoms with Gasteiger partial charge >= 0.3 is 0 Å². The molecule has 124 valence electrons. The molecule has 1 aliphatic heterocycles. The monoisotopic (exact) mass is 380 g/mol. The van der Waals surface area contributed by atoms with Gasteiger partial charge in [-0.2, -0.15) is 0 Å². The van der Waals surface area contributed by atoms with Gasteiger partial charge < -0.3 is 9.47 Å². The van der Waals surface area contributed by atoms with Gasteiger partial charge in [0.05, 0.1) is 11.6 Å². The van der Waals surface area contributed by atoms with Crippen LogP contribution in [0.4, 0.5) is 0 Å². The zero-order chi connectivity index (χ0) is 16.4. The minimum atomic E-state index is 0.526. The molecule has 0 saturated carbocycles. The molecule has 9 heteroatoms. The number of thiophene rings is 1. The maximum atomic E-state index is 6.28. The van der Waals surface area contributed by atoms with Crippen LogP contribution >= 0.6 is 34.7 Å². The highest BCUT2D eigenvalue weighted by Gasteiger charge is 2.17. The van der Waals surface area contributed by atoms with E-state index < -0.39 is 0 Å². The van der Waals surface area contributed by atoms with Crippen LogP contribution in [0.1, 0.15) is 10.4 Å². The standard InChI is InChI=1S/C15H13ClN4O2S2/c16-12-6-10(7-13-14(12)22-4-3-21-13)9-24-15-17-18-19-20(15)8-11-2-1-5-23-11/h1-2,5-7H,3-4,8-9H2. The van der Waals surface area contributed by atoms with Crippen LogP contribution in [0.2, 0.25) is 5.02 Å². The quantitative estimate of drug-likeness (QED) is 0.631. The van der Waals surface area contributed by atoms with Crippen LogP contribution in [0.15, 0.2) is 34.8 Å². The summed E-state index contributed by atoms with van der Waals surface area (Å²) in [7, 11) is 0. The fraction of sp³-hybridized carbons (Fsp3) is 0.267. The van der Waals surface area contributed by atoms with Crippen molar-refractivity contribution in [1.82, 2.24) is 20.2 Å². The summed E-state index contributed by atoms with van der Waals surface area (Å²) in [5.41, 5.74) is 1.04. The molecular weight excluding hydrogens is 368 g/mol. The van der Waals surface area contributed by atoms with Crippen LogP contribution in [0, 0.1) is 0 Å². The number of nitrogens with zero attached hydrogens (tertiary/aromatic N) is 4. The first-order valence-corrected chi connectivity index (χ1v) is 9.53. The number of thioether (sulfide) groups is 1. The average Bonchev–Trinajstić information content (AvgIpc) is 3.25. The van der Waals surface area contributed by atoms with Gasteiger partial charge in [0.1, 0.15) is 13.2 Å². The first-order valence-electron chi connectivity index (χ1n) is 7.29. The van der Waals surface area contributed by atoms with Crippen molar-refractivity contribution in [3.63, 3.8) is 0 Å². The highest BCUT2D eigenvalue weighted by Crippen LogP contribution is 2.39. The van der Waals surface area contributed by atoms with Crippen molar-refractivity contribution in [2.45, 2.75) is 17.5 Å². The predicted octanol–water partition coefficient (Wildman–Crippen LogP) is 3.50. The molecule has 0 spiro atoms. The first-order chi connectivity index (χ1) is 11.8. The molecule has 0 fully saturated rings. The van der Waals surface area contributed by atoms with Gasteiger partial charge in [-0.25, -0.2) is 4.68 Å². The maximum Gasteiger partial charge on any atom is 0.209 e. The van der Waals surface area contributed by atoms with Crippen LogP contribution in [0.3, 0.4) is 0 Å². The van der Waals surface area contributed by atoms with Gasteiger partial charge in [-0.05, 0) is 39.6 Å². The van der Waals surface area contributed by atoms with Crippen molar-refractivity contribution < 1.29 is 9.47 Å². The van der Waals surface area contributed by atoms with Gasteiger partial charge in [-0.15, -0.1) is 16.4 Å². The normalized spacial score (nSPS) is 13.2. The third-order valence-corrected chi connectivity index (χ3v) is 5.58. The van der Waals surface area contributed by atoms with Crippen LogP contribution in [0.25, 0.3) is 0 Å². The number of hydrogen-bond acceptors (Lipinski definition) is 7. The zero-order valence-corrected chi connectivity index (χ0v) is 14.9. The Morgan fingerprint density at radius 3 is 3.08 bits per heavy atom. The summed E-state index contributed by atoms with van der Waals surface area (Å²) in [5, 5.41) is 15.3. The van der Waals surface area contributed by atoms with Crippen LogP contribution in [0.5, 0.6) is 11.5 Å². The van der Waals surface area contributed by atoms with Crippen molar-refractivity contribution in [3.05, 3.63) is 45.1 Å². The molecule has 0 N–H and O–H groups in total. The molecule has 0 unspecified atom stereocenters. The van der Waals surface area contributed by atoms with E-state index >= 15 is 0 Å². The Morgan fingerprint density at radius 1 is 1.29 bits per heavy atom. The molecule has 24 heavy (non-hydrogen) atoms. The highest BCUT2D eigenvalue weighted by atomic mass is 35.5. The summed E-state index contributed by atoms with van der Waals surface area (Å²) in [6.45, 7) is 1.74. The van der Waals surface area contributed by atoms with Crippen molar-refractivity contribution in [3.8, 4) is 11.5 Å². The molecule has 1 aliphatic rings. The fourth-order valence-corrected chi connectivity index (χ4v) is 4.13. The Balaban J connectivity index is 1.48. The summed E-state index contributed by atoms with van der Waals surface area (Å²) in [5.74, 6) is 2.02. The lowest BCUT2D eigenvalue weighted by atomic mass is 10.2. The maximum absolute atomic E-state index is 6.28. The fourth-order valence-electron chi connectivity index (χ4n) is 2.34. The van der Waals surface area contributed by atoms with Crippen molar-refractivity contribution in [2.24, 2.45) is 0 Å². The molecule has 0 bridgehead atoms. The van der Waals surface area contributed by atoms with E-state index in [4.69, 9.17) is 21.1 Å². The summed E-state index contributed by atoms with van der Waals surface area (Å²) in [6, 6.07) is 7.95. The van der Waals surface area contributed by atoms with Gasteiger partial charge in [-0.1, -0.05) is 29.4 Å². The second-order valence-electron chi connectivity index (χ2n) is 5.09. The van der Waals surface area contributed by atoms with Gasteiger partial charge in [0.2, 0.25) is 5.16 Å². The predicted molar refractivity (Wildman–Crippen MR) is 93.2 cm³/mol. The Bertz CT molecular complexity index is 838. The molecule has 0 aliphatic carbocycles. The van der Waals surface area contributed by atoms with E-state index in [1.54, 1.807) is 27.8 Å². The van der Waals surface area contributed by atoms with E-state index in [1.165, 1.54) is 4.88 Å². The number of hydrogen-bond donors (Lipinski definition) is 0. The number of rotatable bonds is 5. The third kappa shape index (κ3) is 3.35. The Morgan fingerprint density at radius 2 is 2.21 bits per heavy atom. The second kappa shape index (κ2) is 7.00. The molecule has 0 saturated heterocycles. The van der Waals surface area contributed by atoms with E-state index in [-0.39, 0.29) is 0 Å². The lowest BCUT2D eigenvalue weighted by molar-refractivity contribution is 0.171. The van der Waals surface area contributed by atoms with E-state index in [0.717, 1.165) is 10.7 Å². The summed E-state index contributed by atoms with van der Waals surface area (Å²) in [4.78, 5) is 1.21. The van der Waals surface area contributed by atoms with Crippen LogP contribution in [-0.2, 0) is 12.3 Å². The second-order valence-corrected chi connectivity index (χ2v) is 7.47. The van der Waals surface area contributed by atoms with Gasteiger partial charge in [0.15, 0.2) is 11.5 Å². The van der Waals surface area contributed by atoms with Crippen LogP contribution in [-0.4, -0.2) is 33.4 Å². The van der Waals surface area contributed by atoms with Crippen molar-refractivity contribution in [1.29, 1.82) is 0 Å². The zero-order valence-electron chi connectivity index (χ0n) is 12.5. The largest absolute Gasteiger partial charge is 0.486 e. The smallest absolute Gasteiger partial charge is 0.209 e. The van der Waals surface area contributed by atoms with Gasteiger partial charge in [-0.3, -0.25) is 0 Å².